The highest BCUT2D eigenvalue weighted by molar-refractivity contribution is 5.50. The molecule has 1 unspecified atom stereocenters. The Labute approximate surface area is 140 Å². The Morgan fingerprint density at radius 3 is 2.58 bits per heavy atom. The number of aromatic nitrogens is 1. The normalized spacial score (nSPS) is 11.8. The summed E-state index contributed by atoms with van der Waals surface area (Å²) in [5, 5.41) is 23.0. The molecule has 0 fully saturated rings. The molecule has 7 nitrogen and oxygen atoms in total. The van der Waals surface area contributed by atoms with Crippen molar-refractivity contribution in [2.24, 2.45) is 0 Å². The minimum absolute atomic E-state index is 0.186. The molecule has 7 heteroatoms. The molecule has 0 aliphatic rings. The monoisotopic (exact) mass is 325 g/mol. The highest BCUT2D eigenvalue weighted by Gasteiger charge is 2.17. The van der Waals surface area contributed by atoms with Crippen LogP contribution in [0.25, 0.3) is 0 Å². The quantitative estimate of drug-likeness (QED) is 0.620. The molecule has 0 aliphatic heterocycles. The molecule has 24 heavy (non-hydrogen) atoms. The molecule has 2 rings (SSSR count). The molecule has 124 valence electrons. The van der Waals surface area contributed by atoms with Crippen LogP contribution in [-0.4, -0.2) is 41.5 Å². The smallest absolute Gasteiger partial charge is 0.305 e. The van der Waals surface area contributed by atoms with Gasteiger partial charge in [-0.2, -0.15) is 5.26 Å². The zero-order chi connectivity index (χ0) is 17.5. The van der Waals surface area contributed by atoms with E-state index in [2.05, 4.69) is 27.3 Å². The van der Waals surface area contributed by atoms with E-state index < -0.39 is 4.92 Å². The topological polar surface area (TPSA) is 95.1 Å². The Balaban J connectivity index is 2.07. The first-order valence-electron chi connectivity index (χ1n) is 7.51. The first-order chi connectivity index (χ1) is 11.5. The second-order valence-corrected chi connectivity index (χ2v) is 5.62. The second-order valence-electron chi connectivity index (χ2n) is 5.62. The van der Waals surface area contributed by atoms with E-state index >= 15 is 0 Å². The fourth-order valence-electron chi connectivity index (χ4n) is 2.33. The summed E-state index contributed by atoms with van der Waals surface area (Å²) in [4.78, 5) is 16.4. The molecule has 0 saturated carbocycles. The van der Waals surface area contributed by atoms with E-state index in [0.717, 1.165) is 6.42 Å². The highest BCUT2D eigenvalue weighted by atomic mass is 16.6. The van der Waals surface area contributed by atoms with Crippen LogP contribution in [0.3, 0.4) is 0 Å². The maximum atomic E-state index is 10.8. The standard InChI is InChI=1S/C17H19N5O2/c1-21(2)14(10-13-6-4-3-5-7-13)12-19-17-9-8-16(22(23)24)15(11-18)20-17/h3-9,14H,10,12H2,1-2H3,(H,19,20). The van der Waals surface area contributed by atoms with E-state index in [1.807, 2.05) is 32.3 Å². The van der Waals surface area contributed by atoms with Gasteiger partial charge in [0.15, 0.2) is 0 Å². The van der Waals surface area contributed by atoms with Crippen LogP contribution in [0, 0.1) is 21.4 Å². The van der Waals surface area contributed by atoms with Crippen LogP contribution in [-0.2, 0) is 6.42 Å². The van der Waals surface area contributed by atoms with Crippen molar-refractivity contribution in [3.63, 3.8) is 0 Å². The number of rotatable bonds is 7. The number of pyridine rings is 1. The molecule has 0 aliphatic carbocycles. The molecule has 0 radical (unpaired) electrons. The average molecular weight is 325 g/mol. The third-order valence-electron chi connectivity index (χ3n) is 3.74. The minimum atomic E-state index is -0.604. The maximum Gasteiger partial charge on any atom is 0.305 e. The Morgan fingerprint density at radius 2 is 2.00 bits per heavy atom. The number of anilines is 1. The van der Waals surface area contributed by atoms with E-state index in [0.29, 0.717) is 12.4 Å². The van der Waals surface area contributed by atoms with Gasteiger partial charge in [-0.1, -0.05) is 30.3 Å². The largest absolute Gasteiger partial charge is 0.368 e. The van der Waals surface area contributed by atoms with Crippen molar-refractivity contribution < 1.29 is 4.92 Å². The number of nitriles is 1. The van der Waals surface area contributed by atoms with Gasteiger partial charge in [-0.15, -0.1) is 0 Å². The zero-order valence-electron chi connectivity index (χ0n) is 13.6. The molecule has 1 heterocycles. The fourth-order valence-corrected chi connectivity index (χ4v) is 2.33. The van der Waals surface area contributed by atoms with Gasteiger partial charge in [0.05, 0.1) is 4.92 Å². The molecule has 0 amide bonds. The molecule has 1 aromatic heterocycles. The summed E-state index contributed by atoms with van der Waals surface area (Å²) in [6, 6.07) is 15.0. The van der Waals surface area contributed by atoms with Gasteiger partial charge < -0.3 is 10.2 Å². The Hall–Kier alpha value is -2.98. The fraction of sp³-hybridized carbons (Fsp3) is 0.294. The first-order valence-corrected chi connectivity index (χ1v) is 7.51. The first kappa shape index (κ1) is 17.4. The minimum Gasteiger partial charge on any atom is -0.368 e. The molecular weight excluding hydrogens is 306 g/mol. The van der Waals surface area contributed by atoms with Crippen molar-refractivity contribution in [1.82, 2.24) is 9.88 Å². The molecule has 1 N–H and O–H groups in total. The Morgan fingerprint density at radius 1 is 1.29 bits per heavy atom. The van der Waals surface area contributed by atoms with Gasteiger partial charge in [0.2, 0.25) is 5.69 Å². The molecule has 1 atom stereocenters. The van der Waals surface area contributed by atoms with Crippen LogP contribution in [0.4, 0.5) is 11.5 Å². The van der Waals surface area contributed by atoms with E-state index in [1.165, 1.54) is 17.7 Å². The maximum absolute atomic E-state index is 10.8. The molecule has 0 saturated heterocycles. The van der Waals surface area contributed by atoms with Crippen LogP contribution in [0.5, 0.6) is 0 Å². The van der Waals surface area contributed by atoms with Crippen LogP contribution in [0.1, 0.15) is 11.3 Å². The predicted octanol–water partition coefficient (Wildman–Crippen LogP) is 2.45. The number of hydrogen-bond donors (Lipinski definition) is 1. The van der Waals surface area contributed by atoms with Crippen molar-refractivity contribution in [2.45, 2.75) is 12.5 Å². The lowest BCUT2D eigenvalue weighted by molar-refractivity contribution is -0.385. The molecule has 0 bridgehead atoms. The lowest BCUT2D eigenvalue weighted by Crippen LogP contribution is -2.36. The number of likely N-dealkylation sites (N-methyl/N-ethyl adjacent to an activating group) is 1. The van der Waals surface area contributed by atoms with Gasteiger partial charge in [-0.25, -0.2) is 4.98 Å². The van der Waals surface area contributed by atoms with Gasteiger partial charge in [0.25, 0.3) is 0 Å². The SMILES string of the molecule is CN(C)C(CNc1ccc([N+](=O)[O-])c(C#N)n1)Cc1ccccc1. The Bertz CT molecular complexity index is 740. The summed E-state index contributed by atoms with van der Waals surface area (Å²) in [5.41, 5.74) is 0.762. The second kappa shape index (κ2) is 8.04. The third kappa shape index (κ3) is 4.51. The van der Waals surface area contributed by atoms with E-state index in [4.69, 9.17) is 5.26 Å². The van der Waals surface area contributed by atoms with Gasteiger partial charge in [0, 0.05) is 18.7 Å². The lowest BCUT2D eigenvalue weighted by atomic mass is 10.1. The molecular formula is C17H19N5O2. The van der Waals surface area contributed by atoms with Crippen molar-refractivity contribution in [2.75, 3.05) is 26.0 Å². The van der Waals surface area contributed by atoms with Crippen LogP contribution in [0.15, 0.2) is 42.5 Å². The van der Waals surface area contributed by atoms with Crippen molar-refractivity contribution >= 4 is 11.5 Å². The third-order valence-corrected chi connectivity index (χ3v) is 3.74. The summed E-state index contributed by atoms with van der Waals surface area (Å²) >= 11 is 0. The van der Waals surface area contributed by atoms with Gasteiger partial charge in [-0.05, 0) is 32.1 Å². The van der Waals surface area contributed by atoms with Gasteiger partial charge in [-0.3, -0.25) is 10.1 Å². The van der Waals surface area contributed by atoms with E-state index in [9.17, 15) is 10.1 Å². The summed E-state index contributed by atoms with van der Waals surface area (Å²) in [6.45, 7) is 0.609. The van der Waals surface area contributed by atoms with Crippen LogP contribution in [0.2, 0.25) is 0 Å². The van der Waals surface area contributed by atoms with Gasteiger partial charge >= 0.3 is 5.69 Å². The highest BCUT2D eigenvalue weighted by Crippen LogP contribution is 2.18. The van der Waals surface area contributed by atoms with E-state index in [1.54, 1.807) is 6.07 Å². The summed E-state index contributed by atoms with van der Waals surface area (Å²) in [5.74, 6) is 0.456. The van der Waals surface area contributed by atoms with Crippen molar-refractivity contribution in [1.29, 1.82) is 5.26 Å². The van der Waals surface area contributed by atoms with Crippen molar-refractivity contribution in [3.05, 3.63) is 63.8 Å². The molecule has 1 aromatic carbocycles. The number of benzene rings is 1. The van der Waals surface area contributed by atoms with E-state index in [-0.39, 0.29) is 17.4 Å². The number of nitrogens with zero attached hydrogens (tertiary/aromatic N) is 4. The average Bonchev–Trinajstić information content (AvgIpc) is 2.58. The zero-order valence-corrected chi connectivity index (χ0v) is 13.6. The molecule has 2 aromatic rings. The summed E-state index contributed by atoms with van der Waals surface area (Å²) in [7, 11) is 4.00. The predicted molar refractivity (Wildman–Crippen MR) is 91.7 cm³/mol. The summed E-state index contributed by atoms with van der Waals surface area (Å²) in [6.07, 6.45) is 0.860. The van der Waals surface area contributed by atoms with Crippen LogP contribution < -0.4 is 5.32 Å². The van der Waals surface area contributed by atoms with Crippen molar-refractivity contribution in [3.8, 4) is 6.07 Å². The number of nitro groups is 1. The molecule has 0 spiro atoms. The van der Waals surface area contributed by atoms with Crippen LogP contribution >= 0.6 is 0 Å². The summed E-state index contributed by atoms with van der Waals surface area (Å²) < 4.78 is 0. The Kier molecular flexibility index (Phi) is 5.82. The number of nitrogens with one attached hydrogen (secondary N) is 1. The van der Waals surface area contributed by atoms with Gasteiger partial charge in [0.1, 0.15) is 11.9 Å². The number of hydrogen-bond acceptors (Lipinski definition) is 6. The lowest BCUT2D eigenvalue weighted by Gasteiger charge is -2.25.